The lowest BCUT2D eigenvalue weighted by Crippen LogP contribution is -2.28. The summed E-state index contributed by atoms with van der Waals surface area (Å²) in [6.07, 6.45) is 1.53. The van der Waals surface area contributed by atoms with Crippen molar-refractivity contribution in [1.82, 2.24) is 14.8 Å². The third-order valence-corrected chi connectivity index (χ3v) is 3.26. The number of aromatic nitrogens is 3. The molecule has 1 aromatic carbocycles. The third kappa shape index (κ3) is 4.09. The van der Waals surface area contributed by atoms with Gasteiger partial charge in [-0.3, -0.25) is 4.79 Å². The predicted molar refractivity (Wildman–Crippen MR) is 87.3 cm³/mol. The predicted octanol–water partition coefficient (Wildman–Crippen LogP) is 1.77. The summed E-state index contributed by atoms with van der Waals surface area (Å²) < 4.78 is 6.69. The van der Waals surface area contributed by atoms with Crippen LogP contribution in [0.2, 0.25) is 0 Å². The first kappa shape index (κ1) is 17.5. The van der Waals surface area contributed by atoms with Crippen molar-refractivity contribution in [3.05, 3.63) is 36.4 Å². The van der Waals surface area contributed by atoms with Crippen molar-refractivity contribution in [1.29, 1.82) is 0 Å². The maximum absolute atomic E-state index is 12.5. The molecule has 1 N–H and O–H groups in total. The van der Waals surface area contributed by atoms with Gasteiger partial charge in [-0.1, -0.05) is 0 Å². The largest absolute Gasteiger partial charge is 0.482 e. The molecule has 0 fully saturated rings. The van der Waals surface area contributed by atoms with Crippen LogP contribution in [0, 0.1) is 0 Å². The molecule has 8 heteroatoms. The number of carboxylic acid groups (broad SMARTS) is 1. The number of anilines is 1. The van der Waals surface area contributed by atoms with E-state index in [1.54, 1.807) is 36.0 Å². The fourth-order valence-electron chi connectivity index (χ4n) is 1.86. The number of carbonyl (C=O) groups excluding carboxylic acids is 1. The number of nitrogens with zero attached hydrogens (tertiary/aromatic N) is 4. The summed E-state index contributed by atoms with van der Waals surface area (Å²) in [6.45, 7) is 5.49. The van der Waals surface area contributed by atoms with Crippen molar-refractivity contribution < 1.29 is 19.4 Å². The molecule has 0 aliphatic rings. The van der Waals surface area contributed by atoms with Crippen molar-refractivity contribution >= 4 is 17.6 Å². The molecule has 1 heterocycles. The molecule has 1 aromatic heterocycles. The molecule has 0 saturated heterocycles. The van der Waals surface area contributed by atoms with Crippen LogP contribution < -0.4 is 9.64 Å². The van der Waals surface area contributed by atoms with Crippen molar-refractivity contribution in [3.8, 4) is 5.75 Å². The number of hydrogen-bond acceptors (Lipinski definition) is 5. The minimum Gasteiger partial charge on any atom is -0.482 e. The van der Waals surface area contributed by atoms with Crippen molar-refractivity contribution in [2.75, 3.05) is 18.6 Å². The Morgan fingerprint density at radius 1 is 1.25 bits per heavy atom. The van der Waals surface area contributed by atoms with Gasteiger partial charge in [0.2, 0.25) is 5.82 Å². The molecule has 128 valence electrons. The van der Waals surface area contributed by atoms with E-state index in [1.807, 2.05) is 20.8 Å². The molecule has 2 aromatic rings. The van der Waals surface area contributed by atoms with Crippen LogP contribution in [-0.4, -0.2) is 45.4 Å². The van der Waals surface area contributed by atoms with Crippen molar-refractivity contribution in [3.63, 3.8) is 0 Å². The molecule has 8 nitrogen and oxygen atoms in total. The minimum atomic E-state index is -1.05. The lowest BCUT2D eigenvalue weighted by molar-refractivity contribution is -0.139. The Hall–Kier alpha value is -2.90. The normalized spacial score (nSPS) is 11.2. The van der Waals surface area contributed by atoms with E-state index in [9.17, 15) is 9.59 Å². The van der Waals surface area contributed by atoms with Crippen LogP contribution in [0.1, 0.15) is 31.4 Å². The number of benzene rings is 1. The fraction of sp³-hybridized carbons (Fsp3) is 0.375. The maximum atomic E-state index is 12.5. The summed E-state index contributed by atoms with van der Waals surface area (Å²) in [5.41, 5.74) is 0.363. The molecule has 0 saturated carbocycles. The van der Waals surface area contributed by atoms with E-state index < -0.39 is 12.6 Å². The highest BCUT2D eigenvalue weighted by molar-refractivity contribution is 6.03. The van der Waals surface area contributed by atoms with E-state index in [4.69, 9.17) is 9.84 Å². The van der Waals surface area contributed by atoms with Gasteiger partial charge in [0.25, 0.3) is 5.91 Å². The van der Waals surface area contributed by atoms with Gasteiger partial charge in [0.1, 0.15) is 12.1 Å². The average molecular weight is 332 g/mol. The topological polar surface area (TPSA) is 97.5 Å². The first-order valence-electron chi connectivity index (χ1n) is 7.33. The van der Waals surface area contributed by atoms with E-state index in [1.165, 1.54) is 11.2 Å². The zero-order chi connectivity index (χ0) is 17.9. The summed E-state index contributed by atoms with van der Waals surface area (Å²) in [5.74, 6) is -0.861. The number of carbonyl (C=O) groups is 2. The van der Waals surface area contributed by atoms with Gasteiger partial charge in [-0.05, 0) is 45.0 Å². The number of hydrogen-bond donors (Lipinski definition) is 1. The summed E-state index contributed by atoms with van der Waals surface area (Å²) in [5, 5.41) is 12.8. The zero-order valence-electron chi connectivity index (χ0n) is 14.1. The molecule has 0 aliphatic carbocycles. The van der Waals surface area contributed by atoms with Gasteiger partial charge in [0.05, 0.1) is 5.54 Å². The van der Waals surface area contributed by atoms with Gasteiger partial charge in [0.15, 0.2) is 6.61 Å². The van der Waals surface area contributed by atoms with Crippen LogP contribution in [0.4, 0.5) is 5.69 Å². The standard InChI is InChI=1S/C16H20N4O4/c1-16(2,3)20-10-17-14(18-20)15(23)19(4)11-5-7-12(8-6-11)24-9-13(21)22/h5-8,10H,9H2,1-4H3,(H,21,22). The molecular formula is C16H20N4O4. The van der Waals surface area contributed by atoms with Crippen LogP contribution in [0.15, 0.2) is 30.6 Å². The Bertz CT molecular complexity index is 731. The van der Waals surface area contributed by atoms with Gasteiger partial charge in [0, 0.05) is 12.7 Å². The molecule has 0 atom stereocenters. The zero-order valence-corrected chi connectivity index (χ0v) is 14.1. The molecule has 1 amide bonds. The number of ether oxygens (including phenoxy) is 1. The van der Waals surface area contributed by atoms with Gasteiger partial charge in [-0.15, -0.1) is 5.10 Å². The lowest BCUT2D eigenvalue weighted by atomic mass is 10.1. The molecule has 0 aliphatic heterocycles. The average Bonchev–Trinajstić information content (AvgIpc) is 3.02. The summed E-state index contributed by atoms with van der Waals surface area (Å²) in [6, 6.07) is 6.53. The Kier molecular flexibility index (Phi) is 4.87. The number of amides is 1. The molecular weight excluding hydrogens is 312 g/mol. The van der Waals surface area contributed by atoms with Gasteiger partial charge in [-0.2, -0.15) is 0 Å². The second-order valence-electron chi connectivity index (χ2n) is 6.22. The molecule has 0 unspecified atom stereocenters. The maximum Gasteiger partial charge on any atom is 0.341 e. The molecule has 0 radical (unpaired) electrons. The monoisotopic (exact) mass is 332 g/mol. The third-order valence-electron chi connectivity index (χ3n) is 3.26. The smallest absolute Gasteiger partial charge is 0.341 e. The first-order chi connectivity index (χ1) is 11.2. The highest BCUT2D eigenvalue weighted by Gasteiger charge is 2.21. The number of rotatable bonds is 5. The molecule has 2 rings (SSSR count). The van der Waals surface area contributed by atoms with Crippen LogP contribution in [0.25, 0.3) is 0 Å². The van der Waals surface area contributed by atoms with E-state index in [0.717, 1.165) is 0 Å². The minimum absolute atomic E-state index is 0.110. The second kappa shape index (κ2) is 6.69. The first-order valence-corrected chi connectivity index (χ1v) is 7.33. The highest BCUT2D eigenvalue weighted by Crippen LogP contribution is 2.20. The fourth-order valence-corrected chi connectivity index (χ4v) is 1.86. The van der Waals surface area contributed by atoms with E-state index in [0.29, 0.717) is 11.4 Å². The number of aliphatic carboxylic acids is 1. The number of carboxylic acids is 1. The van der Waals surface area contributed by atoms with E-state index in [2.05, 4.69) is 10.1 Å². The molecule has 0 spiro atoms. The van der Waals surface area contributed by atoms with Gasteiger partial charge < -0.3 is 14.7 Å². The summed E-state index contributed by atoms with van der Waals surface area (Å²) in [7, 11) is 1.62. The highest BCUT2D eigenvalue weighted by atomic mass is 16.5. The van der Waals surface area contributed by atoms with E-state index in [-0.39, 0.29) is 17.3 Å². The Labute approximate surface area is 139 Å². The van der Waals surface area contributed by atoms with Crippen LogP contribution in [0.5, 0.6) is 5.75 Å². The molecule has 0 bridgehead atoms. The van der Waals surface area contributed by atoms with Crippen molar-refractivity contribution in [2.24, 2.45) is 0 Å². The Morgan fingerprint density at radius 2 is 1.88 bits per heavy atom. The van der Waals surface area contributed by atoms with Crippen LogP contribution in [-0.2, 0) is 10.3 Å². The van der Waals surface area contributed by atoms with Crippen LogP contribution in [0.3, 0.4) is 0 Å². The van der Waals surface area contributed by atoms with Crippen molar-refractivity contribution in [2.45, 2.75) is 26.3 Å². The van der Waals surface area contributed by atoms with Gasteiger partial charge >= 0.3 is 5.97 Å². The van der Waals surface area contributed by atoms with E-state index >= 15 is 0 Å². The Balaban J connectivity index is 2.10. The summed E-state index contributed by atoms with van der Waals surface area (Å²) >= 11 is 0. The summed E-state index contributed by atoms with van der Waals surface area (Å²) in [4.78, 5) is 28.4. The second-order valence-corrected chi connectivity index (χ2v) is 6.22. The lowest BCUT2D eigenvalue weighted by Gasteiger charge is -2.18. The van der Waals surface area contributed by atoms with Crippen LogP contribution >= 0.6 is 0 Å². The molecule has 24 heavy (non-hydrogen) atoms. The Morgan fingerprint density at radius 3 is 2.38 bits per heavy atom. The quantitative estimate of drug-likeness (QED) is 0.896. The van der Waals surface area contributed by atoms with Gasteiger partial charge in [-0.25, -0.2) is 14.5 Å². The SMILES string of the molecule is CN(C(=O)c1ncn(C(C)(C)C)n1)c1ccc(OCC(=O)O)cc1.